The van der Waals surface area contributed by atoms with Crippen molar-refractivity contribution in [1.82, 2.24) is 5.32 Å². The molecule has 3 atom stereocenters. The number of carbonyl (C=O) groups excluding carboxylic acids is 2. The molecule has 0 bridgehead atoms. The van der Waals surface area contributed by atoms with Gasteiger partial charge < -0.3 is 20.3 Å². The Balaban J connectivity index is 4.46. The third-order valence-electron chi connectivity index (χ3n) is 12.2. The molecule has 0 aliphatic heterocycles. The molecular formula is C55H103NO5. The molecule has 0 saturated carbocycles. The van der Waals surface area contributed by atoms with Crippen LogP contribution < -0.4 is 5.32 Å². The maximum atomic E-state index is 13.2. The van der Waals surface area contributed by atoms with Gasteiger partial charge in [-0.3, -0.25) is 9.59 Å². The normalized spacial score (nSPS) is 13.5. The largest absolute Gasteiger partial charge is 0.462 e. The van der Waals surface area contributed by atoms with Gasteiger partial charge in [0.15, 0.2) is 0 Å². The van der Waals surface area contributed by atoms with E-state index < -0.39 is 18.2 Å². The maximum absolute atomic E-state index is 13.2. The van der Waals surface area contributed by atoms with Gasteiger partial charge in [-0.1, -0.05) is 243 Å². The average molecular weight is 858 g/mol. The summed E-state index contributed by atoms with van der Waals surface area (Å²) in [6.07, 6.45) is 57.8. The smallest absolute Gasteiger partial charge is 0.306 e. The van der Waals surface area contributed by atoms with Crippen molar-refractivity contribution in [2.24, 2.45) is 0 Å². The summed E-state index contributed by atoms with van der Waals surface area (Å²) in [5.41, 5.74) is 0. The van der Waals surface area contributed by atoms with Crippen molar-refractivity contribution in [2.75, 3.05) is 6.61 Å². The van der Waals surface area contributed by atoms with Crippen LogP contribution in [-0.4, -0.2) is 46.9 Å². The summed E-state index contributed by atoms with van der Waals surface area (Å²) in [6.45, 7) is 6.38. The Hall–Kier alpha value is -1.92. The van der Waals surface area contributed by atoms with Gasteiger partial charge in [-0.2, -0.15) is 0 Å². The van der Waals surface area contributed by atoms with Gasteiger partial charge in [0.2, 0.25) is 5.91 Å². The minimum atomic E-state index is -0.787. The molecule has 61 heavy (non-hydrogen) atoms. The van der Waals surface area contributed by atoms with Gasteiger partial charge in [0.05, 0.1) is 25.2 Å². The monoisotopic (exact) mass is 858 g/mol. The van der Waals surface area contributed by atoms with E-state index in [1.807, 2.05) is 0 Å². The molecule has 0 heterocycles. The summed E-state index contributed by atoms with van der Waals surface area (Å²) in [4.78, 5) is 26.1. The zero-order valence-electron chi connectivity index (χ0n) is 40.8. The SMILES string of the molecule is CC/C=C/C/C=C/C/C=C/CCCCCCCCC(=O)OC(CCCCCCCCCCCC)CC(=O)NC(CO)C(O)CCCCCCCCCCCCCCCCCC. The van der Waals surface area contributed by atoms with Crippen LogP contribution in [0, 0.1) is 0 Å². The molecular weight excluding hydrogens is 755 g/mol. The van der Waals surface area contributed by atoms with E-state index in [2.05, 4.69) is 62.5 Å². The average Bonchev–Trinajstić information content (AvgIpc) is 3.25. The fraction of sp³-hybridized carbons (Fsp3) is 0.855. The molecule has 0 aromatic rings. The van der Waals surface area contributed by atoms with Crippen LogP contribution in [0.25, 0.3) is 0 Å². The van der Waals surface area contributed by atoms with Gasteiger partial charge in [-0.15, -0.1) is 0 Å². The lowest BCUT2D eigenvalue weighted by Gasteiger charge is -2.24. The summed E-state index contributed by atoms with van der Waals surface area (Å²) in [5, 5.41) is 23.8. The highest BCUT2D eigenvalue weighted by atomic mass is 16.5. The highest BCUT2D eigenvalue weighted by molar-refractivity contribution is 5.77. The van der Waals surface area contributed by atoms with Crippen molar-refractivity contribution in [3.63, 3.8) is 0 Å². The number of aliphatic hydroxyl groups is 2. The van der Waals surface area contributed by atoms with Crippen LogP contribution in [-0.2, 0) is 14.3 Å². The first-order chi connectivity index (χ1) is 30.0. The summed E-state index contributed by atoms with van der Waals surface area (Å²) < 4.78 is 5.93. The molecule has 6 nitrogen and oxygen atoms in total. The molecule has 0 rings (SSSR count). The summed E-state index contributed by atoms with van der Waals surface area (Å²) in [7, 11) is 0. The molecule has 1 amide bonds. The number of esters is 1. The molecule has 6 heteroatoms. The zero-order valence-corrected chi connectivity index (χ0v) is 40.8. The van der Waals surface area contributed by atoms with Crippen molar-refractivity contribution >= 4 is 11.9 Å². The van der Waals surface area contributed by atoms with Gasteiger partial charge in [-0.25, -0.2) is 0 Å². The molecule has 3 unspecified atom stereocenters. The van der Waals surface area contributed by atoms with E-state index in [-0.39, 0.29) is 24.9 Å². The Morgan fingerprint density at radius 3 is 1.34 bits per heavy atom. The number of carbonyl (C=O) groups is 2. The van der Waals surface area contributed by atoms with Crippen LogP contribution in [0.15, 0.2) is 36.5 Å². The minimum Gasteiger partial charge on any atom is -0.462 e. The van der Waals surface area contributed by atoms with Crippen LogP contribution in [0.3, 0.4) is 0 Å². The van der Waals surface area contributed by atoms with E-state index in [9.17, 15) is 19.8 Å². The van der Waals surface area contributed by atoms with Gasteiger partial charge in [0.25, 0.3) is 0 Å². The van der Waals surface area contributed by atoms with Crippen LogP contribution in [0.2, 0.25) is 0 Å². The molecule has 0 aromatic carbocycles. The van der Waals surface area contributed by atoms with Crippen molar-refractivity contribution in [3.05, 3.63) is 36.5 Å². The fourth-order valence-corrected chi connectivity index (χ4v) is 8.21. The Kier molecular flexibility index (Phi) is 47.6. The summed E-state index contributed by atoms with van der Waals surface area (Å²) in [5.74, 6) is -0.478. The van der Waals surface area contributed by atoms with Crippen LogP contribution >= 0.6 is 0 Å². The number of ether oxygens (including phenoxy) is 1. The van der Waals surface area contributed by atoms with E-state index in [0.717, 1.165) is 70.6 Å². The van der Waals surface area contributed by atoms with E-state index in [1.54, 1.807) is 0 Å². The Morgan fingerprint density at radius 2 is 0.885 bits per heavy atom. The molecule has 0 spiro atoms. The van der Waals surface area contributed by atoms with Crippen molar-refractivity contribution in [3.8, 4) is 0 Å². The van der Waals surface area contributed by atoms with Gasteiger partial charge in [0, 0.05) is 6.42 Å². The summed E-state index contributed by atoms with van der Waals surface area (Å²) in [6, 6.07) is -0.700. The zero-order chi connectivity index (χ0) is 44.5. The second-order valence-corrected chi connectivity index (χ2v) is 18.3. The lowest BCUT2D eigenvalue weighted by atomic mass is 10.0. The number of aliphatic hydroxyl groups excluding tert-OH is 2. The van der Waals surface area contributed by atoms with Crippen LogP contribution in [0.5, 0.6) is 0 Å². The van der Waals surface area contributed by atoms with Crippen molar-refractivity contribution in [2.45, 2.75) is 296 Å². The van der Waals surface area contributed by atoms with E-state index in [4.69, 9.17) is 4.74 Å². The fourth-order valence-electron chi connectivity index (χ4n) is 8.21. The van der Waals surface area contributed by atoms with E-state index in [0.29, 0.717) is 19.3 Å². The third-order valence-corrected chi connectivity index (χ3v) is 12.2. The number of hydrogen-bond acceptors (Lipinski definition) is 5. The van der Waals surface area contributed by atoms with Gasteiger partial charge in [0.1, 0.15) is 6.10 Å². The third kappa shape index (κ3) is 44.5. The number of unbranched alkanes of at least 4 members (excludes halogenated alkanes) is 30. The minimum absolute atomic E-state index is 0.0759. The number of nitrogens with one attached hydrogen (secondary N) is 1. The lowest BCUT2D eigenvalue weighted by molar-refractivity contribution is -0.151. The highest BCUT2D eigenvalue weighted by Crippen LogP contribution is 2.18. The Bertz CT molecular complexity index is 1010. The molecule has 0 radical (unpaired) electrons. The molecule has 0 aromatic heterocycles. The number of allylic oxidation sites excluding steroid dienone is 6. The second-order valence-electron chi connectivity index (χ2n) is 18.3. The first kappa shape index (κ1) is 59.1. The van der Waals surface area contributed by atoms with Crippen molar-refractivity contribution in [1.29, 1.82) is 0 Å². The Labute approximate surface area is 379 Å². The number of rotatable bonds is 48. The standard InChI is InChI=1S/C55H103NO5/c1-4-7-10-13-16-19-22-24-26-28-30-32-35-38-41-44-47-53(58)52(50-57)56-54(59)49-51(46-43-40-37-34-21-18-15-12-9-6-3)61-55(60)48-45-42-39-36-33-31-29-27-25-23-20-17-14-11-8-5-2/h8,11,17,20,25,27,51-53,57-58H,4-7,9-10,12-16,18-19,21-24,26,28-50H2,1-3H3,(H,56,59)/b11-8+,20-17+,27-25+. The number of amides is 1. The lowest BCUT2D eigenvalue weighted by Crippen LogP contribution is -2.46. The maximum Gasteiger partial charge on any atom is 0.306 e. The Morgan fingerprint density at radius 1 is 0.492 bits per heavy atom. The molecule has 3 N–H and O–H groups in total. The quantitative estimate of drug-likeness (QED) is 0.0322. The number of hydrogen-bond donors (Lipinski definition) is 3. The highest BCUT2D eigenvalue weighted by Gasteiger charge is 2.24. The van der Waals surface area contributed by atoms with Crippen molar-refractivity contribution < 1.29 is 24.5 Å². The molecule has 0 aliphatic rings. The van der Waals surface area contributed by atoms with Crippen LogP contribution in [0.4, 0.5) is 0 Å². The van der Waals surface area contributed by atoms with Gasteiger partial charge >= 0.3 is 5.97 Å². The van der Waals surface area contributed by atoms with Gasteiger partial charge in [-0.05, 0) is 57.8 Å². The predicted octanol–water partition coefficient (Wildman–Crippen LogP) is 16.1. The predicted molar refractivity (Wildman–Crippen MR) is 264 cm³/mol. The van der Waals surface area contributed by atoms with E-state index in [1.165, 1.54) is 161 Å². The van der Waals surface area contributed by atoms with E-state index >= 15 is 0 Å². The molecule has 0 aliphatic carbocycles. The topological polar surface area (TPSA) is 95.9 Å². The molecule has 0 fully saturated rings. The first-order valence-electron chi connectivity index (χ1n) is 26.7. The first-order valence-corrected chi connectivity index (χ1v) is 26.7. The molecule has 358 valence electrons. The summed E-state index contributed by atoms with van der Waals surface area (Å²) >= 11 is 0. The molecule has 0 saturated heterocycles. The van der Waals surface area contributed by atoms with Crippen LogP contribution in [0.1, 0.15) is 278 Å². The second kappa shape index (κ2) is 49.1.